The Labute approximate surface area is 431 Å². The number of benzene rings is 4. The van der Waals surface area contributed by atoms with Gasteiger partial charge in [-0.05, 0) is 213 Å². The van der Waals surface area contributed by atoms with Crippen LogP contribution in [0.3, 0.4) is 0 Å². The standard InChI is InChI=1S/C30H35NO5.C29H32ClNO6/c1-19(32)31-9-2-10-36-28-14-20(4-8-29(34)35)3-6-25(28)24-5-7-27(33)26(15-24)30-16-21-11-22(17-30)13-23(12-21)18-30;30-23-11-17(2-5-26(33)34)12-25(37-7-1-6-31-28(35)36)27(23)21-3-4-24(32)22(13-21)29-14-18-8-19(15-29)10-20(9-18)16-29/h3-8,14-15,21-23,33H,2,9-13,16-18H2,1H3,(H,31,32)(H,34,35);2-5,11-13,18-20,31-32H,1,6-10,14-16H2,(H,33,34)(H,35,36)/b8-4+;5-2+. The van der Waals surface area contributed by atoms with Crippen molar-refractivity contribution in [1.82, 2.24) is 10.6 Å². The molecule has 13 nitrogen and oxygen atoms in total. The Balaban J connectivity index is 0.000000180. The molecule has 7 N–H and O–H groups in total. The van der Waals surface area contributed by atoms with Gasteiger partial charge < -0.3 is 45.6 Å². The highest BCUT2D eigenvalue weighted by atomic mass is 35.5. The zero-order chi connectivity index (χ0) is 51.4. The summed E-state index contributed by atoms with van der Waals surface area (Å²) in [5.41, 5.74) is 6.85. The highest BCUT2D eigenvalue weighted by Crippen LogP contribution is 2.63. The topological polar surface area (TPSA) is 212 Å². The van der Waals surface area contributed by atoms with Gasteiger partial charge in [0.05, 0.1) is 18.2 Å². The van der Waals surface area contributed by atoms with Crippen molar-refractivity contribution in [2.75, 3.05) is 26.3 Å². The molecule has 0 radical (unpaired) electrons. The minimum atomic E-state index is -1.09. The second-order valence-corrected chi connectivity index (χ2v) is 22.4. The number of hydrogen-bond acceptors (Lipinski definition) is 8. The summed E-state index contributed by atoms with van der Waals surface area (Å²) in [6.45, 7) is 2.92. The van der Waals surface area contributed by atoms with Gasteiger partial charge >= 0.3 is 18.0 Å². The van der Waals surface area contributed by atoms with Crippen LogP contribution in [0.2, 0.25) is 5.02 Å². The van der Waals surface area contributed by atoms with Crippen LogP contribution in [0.5, 0.6) is 23.0 Å². The number of halogens is 1. The normalized spacial score (nSPS) is 26.1. The molecule has 8 bridgehead atoms. The second-order valence-electron chi connectivity index (χ2n) is 22.0. The highest BCUT2D eigenvalue weighted by molar-refractivity contribution is 6.34. The summed E-state index contributed by atoms with van der Waals surface area (Å²) in [4.78, 5) is 43.9. The molecule has 2 amide bonds. The molecule has 8 aliphatic rings. The van der Waals surface area contributed by atoms with Crippen molar-refractivity contribution in [3.05, 3.63) is 106 Å². The van der Waals surface area contributed by atoms with Crippen molar-refractivity contribution in [2.24, 2.45) is 35.5 Å². The minimum absolute atomic E-state index is 0.00495. The van der Waals surface area contributed by atoms with E-state index in [4.69, 9.17) is 36.4 Å². The van der Waals surface area contributed by atoms with Gasteiger partial charge in [-0.3, -0.25) is 4.79 Å². The zero-order valence-corrected chi connectivity index (χ0v) is 42.2. The Morgan fingerprint density at radius 1 is 0.589 bits per heavy atom. The summed E-state index contributed by atoms with van der Waals surface area (Å²) in [5, 5.41) is 54.3. The first-order valence-electron chi connectivity index (χ1n) is 26.0. The Kier molecular flexibility index (Phi) is 15.5. The van der Waals surface area contributed by atoms with Crippen molar-refractivity contribution in [1.29, 1.82) is 0 Å². The SMILES string of the molecule is CC(=O)NCCCOc1cc(/C=C/C(=O)O)ccc1-c1ccc(O)c(C23CC4CC(CC(C4)C2)C3)c1.O=C(O)/C=C/c1cc(Cl)c(-c2ccc(O)c(C34CC5CC(CC(C5)C3)C4)c2)c(OCCCNC(=O)O)c1. The third-order valence-electron chi connectivity index (χ3n) is 16.5. The maximum atomic E-state index is 11.1. The number of nitrogens with one attached hydrogen (secondary N) is 2. The van der Waals surface area contributed by atoms with Gasteiger partial charge in [0.1, 0.15) is 23.0 Å². The van der Waals surface area contributed by atoms with E-state index < -0.39 is 18.0 Å². The number of carbonyl (C=O) groups excluding carboxylic acids is 1. The third-order valence-corrected chi connectivity index (χ3v) is 16.8. The average molecular weight is 1020 g/mol. The van der Waals surface area contributed by atoms with E-state index in [9.17, 15) is 29.4 Å². The lowest BCUT2D eigenvalue weighted by Gasteiger charge is -2.57. The van der Waals surface area contributed by atoms with E-state index in [0.29, 0.717) is 65.1 Å². The van der Waals surface area contributed by atoms with Gasteiger partial charge in [0.15, 0.2) is 0 Å². The number of aromatic hydroxyl groups is 2. The van der Waals surface area contributed by atoms with Crippen LogP contribution in [-0.4, -0.2) is 75.8 Å². The molecule has 4 aromatic carbocycles. The fraction of sp³-hybridized carbons (Fsp3) is 0.458. The van der Waals surface area contributed by atoms with Crippen molar-refractivity contribution in [2.45, 2.75) is 108 Å². The summed E-state index contributed by atoms with van der Waals surface area (Å²) in [5.74, 6) is 4.25. The van der Waals surface area contributed by atoms with Gasteiger partial charge in [0, 0.05) is 54.4 Å². The molecule has 0 aliphatic heterocycles. The van der Waals surface area contributed by atoms with Crippen LogP contribution in [0, 0.1) is 35.5 Å². The van der Waals surface area contributed by atoms with Crippen molar-refractivity contribution < 1.29 is 54.2 Å². The number of amides is 2. The fourth-order valence-electron chi connectivity index (χ4n) is 14.5. The smallest absolute Gasteiger partial charge is 0.404 e. The van der Waals surface area contributed by atoms with Crippen LogP contribution in [0.15, 0.2) is 78.9 Å². The van der Waals surface area contributed by atoms with Crippen LogP contribution < -0.4 is 20.1 Å². The number of phenolic OH excluding ortho intramolecular Hbond substituents is 2. The number of carbonyl (C=O) groups is 4. The minimum Gasteiger partial charge on any atom is -0.508 e. The van der Waals surface area contributed by atoms with E-state index in [0.717, 1.165) is 100 Å². The predicted octanol–water partition coefficient (Wildman–Crippen LogP) is 11.8. The summed E-state index contributed by atoms with van der Waals surface area (Å²) in [6, 6.07) is 20.7. The van der Waals surface area contributed by atoms with Gasteiger partial charge in [-0.25, -0.2) is 14.4 Å². The van der Waals surface area contributed by atoms with Crippen LogP contribution >= 0.6 is 11.6 Å². The number of aliphatic carboxylic acids is 2. The number of ether oxygens (including phenoxy) is 2. The number of hydrogen-bond donors (Lipinski definition) is 7. The summed E-state index contributed by atoms with van der Waals surface area (Å²) in [6.07, 6.45) is 20.0. The van der Waals surface area contributed by atoms with E-state index in [1.165, 1.54) is 70.8 Å². The van der Waals surface area contributed by atoms with Crippen LogP contribution in [0.1, 0.15) is 119 Å². The van der Waals surface area contributed by atoms with Gasteiger partial charge in [0.25, 0.3) is 0 Å². The number of rotatable bonds is 18. The summed E-state index contributed by atoms with van der Waals surface area (Å²) < 4.78 is 12.2. The molecule has 0 unspecified atom stereocenters. The molecule has 386 valence electrons. The maximum absolute atomic E-state index is 11.1. The first kappa shape index (κ1) is 51.4. The molecule has 73 heavy (non-hydrogen) atoms. The Bertz CT molecular complexity index is 2730. The second kappa shape index (κ2) is 21.9. The van der Waals surface area contributed by atoms with Crippen LogP contribution in [0.25, 0.3) is 34.4 Å². The number of carboxylic acids is 2. The largest absolute Gasteiger partial charge is 0.508 e. The lowest BCUT2D eigenvalue weighted by Crippen LogP contribution is -2.48. The maximum Gasteiger partial charge on any atom is 0.404 e. The van der Waals surface area contributed by atoms with E-state index in [1.54, 1.807) is 24.3 Å². The average Bonchev–Trinajstić information content (AvgIpc) is 3.32. The number of phenols is 2. The molecule has 0 saturated heterocycles. The Morgan fingerprint density at radius 3 is 1.53 bits per heavy atom. The van der Waals surface area contributed by atoms with Crippen molar-refractivity contribution in [3.8, 4) is 45.3 Å². The molecule has 12 rings (SSSR count). The molecule has 8 saturated carbocycles. The van der Waals surface area contributed by atoms with E-state index in [2.05, 4.69) is 22.8 Å². The Morgan fingerprint density at radius 2 is 1.04 bits per heavy atom. The van der Waals surface area contributed by atoms with Crippen molar-refractivity contribution in [3.63, 3.8) is 0 Å². The first-order chi connectivity index (χ1) is 35.0. The molecule has 0 atom stereocenters. The highest BCUT2D eigenvalue weighted by Gasteiger charge is 2.54. The van der Waals surface area contributed by atoms with Crippen LogP contribution in [0.4, 0.5) is 4.79 Å². The predicted molar refractivity (Wildman–Crippen MR) is 280 cm³/mol. The van der Waals surface area contributed by atoms with Gasteiger partial charge in [0.2, 0.25) is 5.91 Å². The molecule has 14 heteroatoms. The lowest BCUT2D eigenvalue weighted by atomic mass is 9.48. The third kappa shape index (κ3) is 12.0. The van der Waals surface area contributed by atoms with Gasteiger partial charge in [-0.15, -0.1) is 0 Å². The lowest BCUT2D eigenvalue weighted by molar-refractivity contribution is -0.132. The molecule has 4 aromatic rings. The molecule has 0 spiro atoms. The molecular formula is C59H67ClN2O11. The molecular weight excluding hydrogens is 948 g/mol. The van der Waals surface area contributed by atoms with Gasteiger partial charge in [-0.2, -0.15) is 0 Å². The zero-order valence-electron chi connectivity index (χ0n) is 41.4. The first-order valence-corrected chi connectivity index (χ1v) is 26.4. The van der Waals surface area contributed by atoms with E-state index in [-0.39, 0.29) is 29.9 Å². The molecule has 0 heterocycles. The van der Waals surface area contributed by atoms with Crippen LogP contribution in [-0.2, 0) is 25.2 Å². The fourth-order valence-corrected chi connectivity index (χ4v) is 14.8. The quantitative estimate of drug-likeness (QED) is 0.0368. The molecule has 8 fully saturated rings. The summed E-state index contributed by atoms with van der Waals surface area (Å²) >= 11 is 6.76. The number of carboxylic acid groups (broad SMARTS) is 3. The molecule has 8 aliphatic carbocycles. The van der Waals surface area contributed by atoms with E-state index >= 15 is 0 Å². The van der Waals surface area contributed by atoms with Crippen molar-refractivity contribution >= 4 is 47.7 Å². The summed E-state index contributed by atoms with van der Waals surface area (Å²) in [7, 11) is 0. The molecule has 0 aromatic heterocycles. The Hall–Kier alpha value is -6.47. The monoisotopic (exact) mass is 1010 g/mol. The van der Waals surface area contributed by atoms with E-state index in [1.807, 2.05) is 36.4 Å². The van der Waals surface area contributed by atoms with Gasteiger partial charge in [-0.1, -0.05) is 35.9 Å².